The SMILES string of the molecule is CCNC(=NCc1ncc(CC)s1)NCC(CC(C)C)N1CCOCC1. The molecule has 2 N–H and O–H groups in total. The molecule has 0 aliphatic carbocycles. The minimum absolute atomic E-state index is 0.509. The van der Waals surface area contributed by atoms with E-state index >= 15 is 0 Å². The van der Waals surface area contributed by atoms with Crippen molar-refractivity contribution in [1.29, 1.82) is 0 Å². The lowest BCUT2D eigenvalue weighted by molar-refractivity contribution is 0.0132. The molecule has 1 aliphatic heterocycles. The fraction of sp³-hybridized carbons (Fsp3) is 0.789. The first-order chi connectivity index (χ1) is 12.6. The quantitative estimate of drug-likeness (QED) is 0.508. The Balaban J connectivity index is 1.93. The van der Waals surface area contributed by atoms with E-state index < -0.39 is 0 Å². The Hall–Kier alpha value is -1.18. The van der Waals surface area contributed by atoms with Gasteiger partial charge in [-0.25, -0.2) is 9.98 Å². The first-order valence-corrected chi connectivity index (χ1v) is 10.7. The van der Waals surface area contributed by atoms with Crippen LogP contribution in [0, 0.1) is 5.92 Å². The van der Waals surface area contributed by atoms with Crippen molar-refractivity contribution in [3.05, 3.63) is 16.1 Å². The number of nitrogens with zero attached hydrogens (tertiary/aromatic N) is 3. The predicted molar refractivity (Wildman–Crippen MR) is 110 cm³/mol. The molecular formula is C19H35N5OS. The molecule has 1 saturated heterocycles. The maximum Gasteiger partial charge on any atom is 0.191 e. The van der Waals surface area contributed by atoms with Gasteiger partial charge >= 0.3 is 0 Å². The van der Waals surface area contributed by atoms with E-state index in [1.165, 1.54) is 11.3 Å². The largest absolute Gasteiger partial charge is 0.379 e. The maximum absolute atomic E-state index is 5.51. The number of guanidine groups is 1. The van der Waals surface area contributed by atoms with Crippen molar-refractivity contribution in [2.75, 3.05) is 39.4 Å². The number of aromatic nitrogens is 1. The van der Waals surface area contributed by atoms with Gasteiger partial charge in [0.05, 0.1) is 19.8 Å². The van der Waals surface area contributed by atoms with Crippen LogP contribution >= 0.6 is 11.3 Å². The maximum atomic E-state index is 5.51. The Labute approximate surface area is 162 Å². The molecule has 0 radical (unpaired) electrons. The Bertz CT molecular complexity index is 540. The average molecular weight is 382 g/mol. The van der Waals surface area contributed by atoms with Gasteiger partial charge in [-0.05, 0) is 25.7 Å². The van der Waals surface area contributed by atoms with Crippen LogP contribution in [-0.4, -0.2) is 61.3 Å². The van der Waals surface area contributed by atoms with Crippen molar-refractivity contribution in [3.63, 3.8) is 0 Å². The first-order valence-electron chi connectivity index (χ1n) is 9.89. The summed E-state index contributed by atoms with van der Waals surface area (Å²) in [6.07, 6.45) is 4.18. The molecule has 2 heterocycles. The lowest BCUT2D eigenvalue weighted by Crippen LogP contribution is -2.51. The van der Waals surface area contributed by atoms with Gasteiger partial charge in [0.1, 0.15) is 5.01 Å². The van der Waals surface area contributed by atoms with Gasteiger partial charge in [0, 0.05) is 43.3 Å². The second kappa shape index (κ2) is 11.5. The number of rotatable bonds is 9. The molecule has 2 rings (SSSR count). The number of morpholine rings is 1. The highest BCUT2D eigenvalue weighted by Gasteiger charge is 2.22. The van der Waals surface area contributed by atoms with Crippen LogP contribution in [0.25, 0.3) is 0 Å². The van der Waals surface area contributed by atoms with Gasteiger partial charge in [0.15, 0.2) is 5.96 Å². The highest BCUT2D eigenvalue weighted by atomic mass is 32.1. The van der Waals surface area contributed by atoms with Crippen LogP contribution in [0.4, 0.5) is 0 Å². The fourth-order valence-corrected chi connectivity index (χ4v) is 3.92. The van der Waals surface area contributed by atoms with E-state index in [9.17, 15) is 0 Å². The summed E-state index contributed by atoms with van der Waals surface area (Å²) >= 11 is 1.75. The molecule has 1 unspecified atom stereocenters. The number of thiazole rings is 1. The average Bonchev–Trinajstić information content (AvgIpc) is 3.11. The zero-order valence-electron chi connectivity index (χ0n) is 16.8. The lowest BCUT2D eigenvalue weighted by atomic mass is 10.0. The lowest BCUT2D eigenvalue weighted by Gasteiger charge is -2.35. The van der Waals surface area contributed by atoms with E-state index in [0.717, 1.165) is 56.8 Å². The molecule has 0 spiro atoms. The predicted octanol–water partition coefficient (Wildman–Crippen LogP) is 2.51. The number of nitrogens with one attached hydrogen (secondary N) is 2. The molecule has 0 bridgehead atoms. The molecular weight excluding hydrogens is 346 g/mol. The zero-order chi connectivity index (χ0) is 18.8. The second-order valence-corrected chi connectivity index (χ2v) is 8.28. The molecule has 1 aromatic rings. The second-order valence-electron chi connectivity index (χ2n) is 7.08. The topological polar surface area (TPSA) is 61.8 Å². The summed E-state index contributed by atoms with van der Waals surface area (Å²) in [6.45, 7) is 15.0. The van der Waals surface area contributed by atoms with Crippen LogP contribution < -0.4 is 10.6 Å². The van der Waals surface area contributed by atoms with Crippen molar-refractivity contribution < 1.29 is 4.74 Å². The van der Waals surface area contributed by atoms with Crippen LogP contribution in [0.2, 0.25) is 0 Å². The number of hydrogen-bond donors (Lipinski definition) is 2. The molecule has 1 aromatic heterocycles. The summed E-state index contributed by atoms with van der Waals surface area (Å²) in [5.41, 5.74) is 0. The summed E-state index contributed by atoms with van der Waals surface area (Å²) in [5.74, 6) is 1.55. The highest BCUT2D eigenvalue weighted by molar-refractivity contribution is 7.11. The Morgan fingerprint density at radius 3 is 2.69 bits per heavy atom. The van der Waals surface area contributed by atoms with Crippen LogP contribution in [0.3, 0.4) is 0 Å². The van der Waals surface area contributed by atoms with E-state index in [0.29, 0.717) is 18.5 Å². The molecule has 148 valence electrons. The van der Waals surface area contributed by atoms with E-state index in [1.807, 2.05) is 6.20 Å². The van der Waals surface area contributed by atoms with Gasteiger partial charge < -0.3 is 15.4 Å². The number of hydrogen-bond acceptors (Lipinski definition) is 5. The van der Waals surface area contributed by atoms with Crippen molar-refractivity contribution in [1.82, 2.24) is 20.5 Å². The third-order valence-corrected chi connectivity index (χ3v) is 5.60. The van der Waals surface area contributed by atoms with Gasteiger partial charge in [-0.15, -0.1) is 11.3 Å². The molecule has 6 nitrogen and oxygen atoms in total. The van der Waals surface area contributed by atoms with Gasteiger partial charge in [-0.3, -0.25) is 4.90 Å². The molecule has 26 heavy (non-hydrogen) atoms. The highest BCUT2D eigenvalue weighted by Crippen LogP contribution is 2.15. The van der Waals surface area contributed by atoms with Gasteiger partial charge in [-0.1, -0.05) is 20.8 Å². The van der Waals surface area contributed by atoms with Crippen LogP contribution in [0.5, 0.6) is 0 Å². The molecule has 1 fully saturated rings. The molecule has 0 saturated carbocycles. The van der Waals surface area contributed by atoms with Gasteiger partial charge in [0.2, 0.25) is 0 Å². The Morgan fingerprint density at radius 1 is 1.31 bits per heavy atom. The molecule has 7 heteroatoms. The Morgan fingerprint density at radius 2 is 2.08 bits per heavy atom. The minimum atomic E-state index is 0.509. The summed E-state index contributed by atoms with van der Waals surface area (Å²) in [6, 6.07) is 0.509. The summed E-state index contributed by atoms with van der Waals surface area (Å²) in [7, 11) is 0. The first kappa shape index (κ1) is 21.1. The molecule has 1 aliphatic rings. The van der Waals surface area contributed by atoms with Crippen molar-refractivity contribution in [2.45, 2.75) is 53.1 Å². The van der Waals surface area contributed by atoms with Crippen LogP contribution in [-0.2, 0) is 17.7 Å². The van der Waals surface area contributed by atoms with Crippen molar-refractivity contribution >= 4 is 17.3 Å². The van der Waals surface area contributed by atoms with E-state index in [2.05, 4.69) is 48.2 Å². The van der Waals surface area contributed by atoms with Gasteiger partial charge in [-0.2, -0.15) is 0 Å². The third kappa shape index (κ3) is 7.21. The van der Waals surface area contributed by atoms with Crippen molar-refractivity contribution in [3.8, 4) is 0 Å². The monoisotopic (exact) mass is 381 g/mol. The molecule has 0 aromatic carbocycles. The van der Waals surface area contributed by atoms with Crippen LogP contribution in [0.1, 0.15) is 44.0 Å². The number of aryl methyl sites for hydroxylation is 1. The molecule has 0 amide bonds. The smallest absolute Gasteiger partial charge is 0.191 e. The summed E-state index contributed by atoms with van der Waals surface area (Å²) in [4.78, 5) is 13.1. The summed E-state index contributed by atoms with van der Waals surface area (Å²) in [5, 5.41) is 7.98. The van der Waals surface area contributed by atoms with E-state index in [4.69, 9.17) is 9.73 Å². The standard InChI is InChI=1S/C19H35N5OS/c1-5-17-13-21-18(26-17)14-23-19(20-6-2)22-12-16(11-15(3)4)24-7-9-25-10-8-24/h13,15-16H,5-12,14H2,1-4H3,(H2,20,22,23). The number of aliphatic imine (C=N–C) groups is 1. The Kier molecular flexibility index (Phi) is 9.36. The van der Waals surface area contributed by atoms with E-state index in [1.54, 1.807) is 11.3 Å². The normalized spacial score (nSPS) is 17.5. The number of ether oxygens (including phenoxy) is 1. The van der Waals surface area contributed by atoms with E-state index in [-0.39, 0.29) is 0 Å². The van der Waals surface area contributed by atoms with Crippen molar-refractivity contribution in [2.24, 2.45) is 10.9 Å². The van der Waals surface area contributed by atoms with Crippen LogP contribution in [0.15, 0.2) is 11.2 Å². The third-order valence-electron chi connectivity index (χ3n) is 4.48. The zero-order valence-corrected chi connectivity index (χ0v) is 17.6. The fourth-order valence-electron chi connectivity index (χ4n) is 3.14. The minimum Gasteiger partial charge on any atom is -0.379 e. The molecule has 1 atom stereocenters. The summed E-state index contributed by atoms with van der Waals surface area (Å²) < 4.78 is 5.51. The van der Waals surface area contributed by atoms with Gasteiger partial charge in [0.25, 0.3) is 0 Å².